The lowest BCUT2D eigenvalue weighted by atomic mass is 9.95. The molecular formula is C15H20ClFN2O2. The molecule has 2 unspecified atom stereocenters. The molecular weight excluding hydrogens is 295 g/mol. The third-order valence-corrected chi connectivity index (χ3v) is 4.20. The van der Waals surface area contributed by atoms with Gasteiger partial charge in [-0.25, -0.2) is 9.18 Å². The van der Waals surface area contributed by atoms with Crippen LogP contribution in [0.5, 0.6) is 0 Å². The number of amides is 1. The minimum absolute atomic E-state index is 0. The van der Waals surface area contributed by atoms with Crippen LogP contribution >= 0.6 is 12.4 Å². The number of hydrogen-bond donors (Lipinski definition) is 1. The van der Waals surface area contributed by atoms with Crippen molar-refractivity contribution in [2.24, 2.45) is 0 Å². The minimum atomic E-state index is -0.945. The lowest BCUT2D eigenvalue weighted by Crippen LogP contribution is -2.48. The maximum Gasteiger partial charge on any atom is 0.410 e. The summed E-state index contributed by atoms with van der Waals surface area (Å²) in [6.45, 7) is 1.87. The van der Waals surface area contributed by atoms with Crippen molar-refractivity contribution in [3.63, 3.8) is 0 Å². The number of benzene rings is 1. The molecule has 2 saturated heterocycles. The molecule has 116 valence electrons. The lowest BCUT2D eigenvalue weighted by Gasteiger charge is -2.33. The Hall–Kier alpha value is -1.33. The number of likely N-dealkylation sites (tertiary alicyclic amines) is 1. The molecule has 4 nitrogen and oxygen atoms in total. The highest BCUT2D eigenvalue weighted by Gasteiger charge is 2.50. The zero-order valence-corrected chi connectivity index (χ0v) is 12.6. The molecule has 6 heteroatoms. The highest BCUT2D eigenvalue weighted by molar-refractivity contribution is 5.85. The second-order valence-corrected chi connectivity index (χ2v) is 5.60. The van der Waals surface area contributed by atoms with Crippen molar-refractivity contribution in [3.05, 3.63) is 35.9 Å². The monoisotopic (exact) mass is 314 g/mol. The first kappa shape index (κ1) is 16.0. The quantitative estimate of drug-likeness (QED) is 0.912. The smallest absolute Gasteiger partial charge is 0.410 e. The van der Waals surface area contributed by atoms with Crippen molar-refractivity contribution in [2.45, 2.75) is 31.2 Å². The molecule has 1 spiro atoms. The van der Waals surface area contributed by atoms with Crippen LogP contribution in [-0.2, 0) is 11.3 Å². The van der Waals surface area contributed by atoms with Gasteiger partial charge in [0.25, 0.3) is 0 Å². The second kappa shape index (κ2) is 6.62. The SMILES string of the molecule is Cl.O=C(OCc1ccccc1)N1CC(F)CC12CCNC2. The Kier molecular flexibility index (Phi) is 5.06. The fraction of sp³-hybridized carbons (Fsp3) is 0.533. The first-order chi connectivity index (χ1) is 9.70. The zero-order chi connectivity index (χ0) is 14.0. The van der Waals surface area contributed by atoms with E-state index < -0.39 is 12.3 Å². The van der Waals surface area contributed by atoms with Gasteiger partial charge in [-0.2, -0.15) is 0 Å². The second-order valence-electron chi connectivity index (χ2n) is 5.60. The maximum absolute atomic E-state index is 13.7. The largest absolute Gasteiger partial charge is 0.445 e. The number of carbonyl (C=O) groups is 1. The molecule has 1 N–H and O–H groups in total. The number of nitrogens with one attached hydrogen (secondary N) is 1. The van der Waals surface area contributed by atoms with E-state index in [4.69, 9.17) is 4.74 Å². The fourth-order valence-corrected chi connectivity index (χ4v) is 3.18. The van der Waals surface area contributed by atoms with Crippen molar-refractivity contribution in [3.8, 4) is 0 Å². The highest BCUT2D eigenvalue weighted by Crippen LogP contribution is 2.36. The van der Waals surface area contributed by atoms with E-state index in [2.05, 4.69) is 5.32 Å². The Bertz CT molecular complexity index is 480. The van der Waals surface area contributed by atoms with Crippen molar-refractivity contribution in [1.82, 2.24) is 10.2 Å². The summed E-state index contributed by atoms with van der Waals surface area (Å²) >= 11 is 0. The van der Waals surface area contributed by atoms with Gasteiger partial charge in [0.05, 0.1) is 12.1 Å². The molecule has 21 heavy (non-hydrogen) atoms. The lowest BCUT2D eigenvalue weighted by molar-refractivity contribution is 0.0698. The molecule has 2 aliphatic heterocycles. The Morgan fingerprint density at radius 3 is 2.86 bits per heavy atom. The Morgan fingerprint density at radius 1 is 1.43 bits per heavy atom. The molecule has 2 atom stereocenters. The summed E-state index contributed by atoms with van der Waals surface area (Å²) in [4.78, 5) is 13.8. The number of carbonyl (C=O) groups excluding carboxylic acids is 1. The third kappa shape index (κ3) is 3.30. The summed E-state index contributed by atoms with van der Waals surface area (Å²) in [7, 11) is 0. The Balaban J connectivity index is 0.00000161. The molecule has 2 aliphatic rings. The van der Waals surface area contributed by atoms with Gasteiger partial charge in [0.2, 0.25) is 0 Å². The number of halogens is 2. The highest BCUT2D eigenvalue weighted by atomic mass is 35.5. The number of alkyl halides is 1. The normalized spacial score (nSPS) is 27.7. The van der Waals surface area contributed by atoms with Crippen molar-refractivity contribution >= 4 is 18.5 Å². The van der Waals surface area contributed by atoms with Gasteiger partial charge in [0.15, 0.2) is 0 Å². The number of rotatable bonds is 2. The minimum Gasteiger partial charge on any atom is -0.445 e. The van der Waals surface area contributed by atoms with E-state index in [-0.39, 0.29) is 31.1 Å². The van der Waals surface area contributed by atoms with Crippen LogP contribution in [0.15, 0.2) is 30.3 Å². The summed E-state index contributed by atoms with van der Waals surface area (Å²) in [6.07, 6.45) is -0.134. The molecule has 0 saturated carbocycles. The van der Waals surface area contributed by atoms with Crippen LogP contribution in [0.25, 0.3) is 0 Å². The number of ether oxygens (including phenoxy) is 1. The van der Waals surface area contributed by atoms with Gasteiger partial charge in [-0.1, -0.05) is 30.3 Å². The average molecular weight is 315 g/mol. The Labute approximate surface area is 130 Å². The summed E-state index contributed by atoms with van der Waals surface area (Å²) in [6, 6.07) is 9.53. The van der Waals surface area contributed by atoms with E-state index in [1.807, 2.05) is 30.3 Å². The van der Waals surface area contributed by atoms with Crippen LogP contribution in [0, 0.1) is 0 Å². The van der Waals surface area contributed by atoms with Gasteiger partial charge in [-0.15, -0.1) is 12.4 Å². The van der Waals surface area contributed by atoms with Crippen LogP contribution in [0.2, 0.25) is 0 Å². The first-order valence-corrected chi connectivity index (χ1v) is 7.03. The van der Waals surface area contributed by atoms with Gasteiger partial charge >= 0.3 is 6.09 Å². The summed E-state index contributed by atoms with van der Waals surface area (Å²) in [5.41, 5.74) is 0.558. The van der Waals surface area contributed by atoms with Crippen molar-refractivity contribution < 1.29 is 13.9 Å². The summed E-state index contributed by atoms with van der Waals surface area (Å²) in [5, 5.41) is 3.22. The van der Waals surface area contributed by atoms with E-state index >= 15 is 0 Å². The standard InChI is InChI=1S/C15H19FN2O2.ClH/c16-13-8-15(6-7-17-11-15)18(9-13)14(19)20-10-12-4-2-1-3-5-12;/h1-5,13,17H,6-11H2;1H. The predicted octanol–water partition coefficient (Wildman–Crippen LogP) is 2.52. The van der Waals surface area contributed by atoms with Crippen LogP contribution in [0.3, 0.4) is 0 Å². The molecule has 0 radical (unpaired) electrons. The zero-order valence-electron chi connectivity index (χ0n) is 11.8. The molecule has 1 aromatic carbocycles. The third-order valence-electron chi connectivity index (χ3n) is 4.20. The van der Waals surface area contributed by atoms with E-state index in [0.29, 0.717) is 13.0 Å². The van der Waals surface area contributed by atoms with Crippen LogP contribution in [-0.4, -0.2) is 42.3 Å². The van der Waals surface area contributed by atoms with Gasteiger partial charge in [0, 0.05) is 13.0 Å². The topological polar surface area (TPSA) is 41.6 Å². The maximum atomic E-state index is 13.7. The number of nitrogens with zero attached hydrogens (tertiary/aromatic N) is 1. The predicted molar refractivity (Wildman–Crippen MR) is 80.3 cm³/mol. The van der Waals surface area contributed by atoms with Gasteiger partial charge in [-0.3, -0.25) is 4.90 Å². The van der Waals surface area contributed by atoms with Crippen molar-refractivity contribution in [1.29, 1.82) is 0 Å². The first-order valence-electron chi connectivity index (χ1n) is 7.03. The van der Waals surface area contributed by atoms with Crippen molar-refractivity contribution in [2.75, 3.05) is 19.6 Å². The summed E-state index contributed by atoms with van der Waals surface area (Å²) < 4.78 is 19.1. The van der Waals surface area contributed by atoms with Crippen LogP contribution < -0.4 is 5.32 Å². The molecule has 1 amide bonds. The van der Waals surface area contributed by atoms with E-state index in [1.165, 1.54) is 0 Å². The summed E-state index contributed by atoms with van der Waals surface area (Å²) in [5.74, 6) is 0. The van der Waals surface area contributed by atoms with Gasteiger partial charge in [-0.05, 0) is 18.5 Å². The van der Waals surface area contributed by atoms with E-state index in [1.54, 1.807) is 4.90 Å². The fourth-order valence-electron chi connectivity index (χ4n) is 3.18. The van der Waals surface area contributed by atoms with Crippen LogP contribution in [0.4, 0.5) is 9.18 Å². The van der Waals surface area contributed by atoms with Crippen LogP contribution in [0.1, 0.15) is 18.4 Å². The molecule has 2 heterocycles. The Morgan fingerprint density at radius 2 is 2.19 bits per heavy atom. The van der Waals surface area contributed by atoms with E-state index in [9.17, 15) is 9.18 Å². The van der Waals surface area contributed by atoms with Gasteiger partial charge in [0.1, 0.15) is 12.8 Å². The van der Waals surface area contributed by atoms with E-state index in [0.717, 1.165) is 18.5 Å². The number of hydrogen-bond acceptors (Lipinski definition) is 3. The average Bonchev–Trinajstić information content (AvgIpc) is 3.05. The van der Waals surface area contributed by atoms with Gasteiger partial charge < -0.3 is 10.1 Å². The molecule has 3 rings (SSSR count). The molecule has 2 fully saturated rings. The molecule has 0 aliphatic carbocycles. The molecule has 0 bridgehead atoms. The molecule has 1 aromatic rings. The molecule has 0 aromatic heterocycles.